The van der Waals surface area contributed by atoms with Gasteiger partial charge in [-0.05, 0) is 50.9 Å². The Balaban J connectivity index is 2.15. The van der Waals surface area contributed by atoms with E-state index in [2.05, 4.69) is 27.7 Å². The minimum Gasteiger partial charge on any atom is -0.120 e. The Hall–Kier alpha value is 0.160. The molecule has 16 heavy (non-hydrogen) atoms. The molecule has 2 aliphatic rings. The van der Waals surface area contributed by atoms with Crippen molar-refractivity contribution in [3.8, 4) is 0 Å². The molecule has 0 nitrogen and oxygen atoms in total. The van der Waals surface area contributed by atoms with Crippen LogP contribution in [0.15, 0.2) is 0 Å². The number of halogens is 1. The van der Waals surface area contributed by atoms with Crippen LogP contribution in [0.4, 0.5) is 0 Å². The molecule has 92 valence electrons. The summed E-state index contributed by atoms with van der Waals surface area (Å²) < 4.78 is 0. The highest BCUT2D eigenvalue weighted by molar-refractivity contribution is 6.23. The van der Waals surface area contributed by atoms with E-state index < -0.39 is 0 Å². The van der Waals surface area contributed by atoms with Gasteiger partial charge in [0, 0.05) is 10.8 Å². The number of hydrogen-bond donors (Lipinski definition) is 0. The summed E-state index contributed by atoms with van der Waals surface area (Å²) in [6, 6.07) is 0. The molecule has 1 heteroatoms. The molecule has 0 aromatic heterocycles. The molecule has 2 fully saturated rings. The summed E-state index contributed by atoms with van der Waals surface area (Å²) in [5, 5.41) is 0. The summed E-state index contributed by atoms with van der Waals surface area (Å²) in [6.45, 7) is 9.33. The topological polar surface area (TPSA) is 0 Å². The Morgan fingerprint density at radius 3 is 2.44 bits per heavy atom. The highest BCUT2D eigenvalue weighted by Crippen LogP contribution is 2.53. The Labute approximate surface area is 106 Å². The standard InChI is InChI=1S/C15H26Cl/c1-10(2)12-6-5-11(3)13-7-8-15(4,16)9-14(12)13/h11-14H,5-9H2,1-4H3/q+1. The number of fused-ring (bicyclic) bond motifs is 1. The molecule has 0 spiro atoms. The minimum absolute atomic E-state index is 0.0753. The molecule has 2 rings (SSSR count). The monoisotopic (exact) mass is 241 g/mol. The van der Waals surface area contributed by atoms with Gasteiger partial charge in [0.25, 0.3) is 0 Å². The lowest BCUT2D eigenvalue weighted by molar-refractivity contribution is 0.0518. The zero-order valence-corrected chi connectivity index (χ0v) is 12.0. The molecule has 0 aromatic rings. The van der Waals surface area contributed by atoms with Crippen LogP contribution in [0.25, 0.3) is 0 Å². The van der Waals surface area contributed by atoms with Crippen molar-refractivity contribution in [2.45, 2.75) is 64.7 Å². The first-order valence-corrected chi connectivity index (χ1v) is 7.27. The summed E-state index contributed by atoms with van der Waals surface area (Å²) in [4.78, 5) is 0.0753. The summed E-state index contributed by atoms with van der Waals surface area (Å²) in [6.07, 6.45) is 6.64. The summed E-state index contributed by atoms with van der Waals surface area (Å²) in [5.41, 5.74) is 0. The Morgan fingerprint density at radius 2 is 1.81 bits per heavy atom. The maximum Gasteiger partial charge on any atom is 0.103 e. The van der Waals surface area contributed by atoms with Crippen LogP contribution < -0.4 is 0 Å². The Kier molecular flexibility index (Phi) is 3.50. The third-order valence-electron chi connectivity index (χ3n) is 5.13. The van der Waals surface area contributed by atoms with Gasteiger partial charge < -0.3 is 0 Å². The van der Waals surface area contributed by atoms with Crippen LogP contribution in [0.1, 0.15) is 59.8 Å². The number of rotatable bonds is 1. The molecular weight excluding hydrogens is 216 g/mol. The van der Waals surface area contributed by atoms with Crippen molar-refractivity contribution in [2.75, 3.05) is 0 Å². The molecular formula is C15H26Cl+. The van der Waals surface area contributed by atoms with Crippen LogP contribution in [0, 0.1) is 29.6 Å². The van der Waals surface area contributed by atoms with Crippen molar-refractivity contribution in [3.05, 3.63) is 5.92 Å². The molecule has 2 saturated carbocycles. The zero-order chi connectivity index (χ0) is 11.9. The first-order chi connectivity index (χ1) is 7.41. The van der Waals surface area contributed by atoms with E-state index in [4.69, 9.17) is 11.6 Å². The van der Waals surface area contributed by atoms with Crippen molar-refractivity contribution in [2.24, 2.45) is 23.7 Å². The van der Waals surface area contributed by atoms with E-state index >= 15 is 0 Å². The fourth-order valence-electron chi connectivity index (χ4n) is 4.16. The second-order valence-corrected chi connectivity index (χ2v) is 7.63. The highest BCUT2D eigenvalue weighted by Gasteiger charge is 2.48. The maximum absolute atomic E-state index is 6.60. The molecule has 0 radical (unpaired) electrons. The van der Waals surface area contributed by atoms with Crippen LogP contribution in [-0.2, 0) is 0 Å². The van der Waals surface area contributed by atoms with Gasteiger partial charge in [0.1, 0.15) is 5.92 Å². The van der Waals surface area contributed by atoms with Crippen LogP contribution >= 0.6 is 11.6 Å². The van der Waals surface area contributed by atoms with Gasteiger partial charge in [-0.2, -0.15) is 0 Å². The van der Waals surface area contributed by atoms with Crippen molar-refractivity contribution in [1.29, 1.82) is 0 Å². The first-order valence-electron chi connectivity index (χ1n) is 6.90. The van der Waals surface area contributed by atoms with E-state index in [9.17, 15) is 0 Å². The number of hydrogen-bond acceptors (Lipinski definition) is 0. The Morgan fingerprint density at radius 1 is 1.12 bits per heavy atom. The van der Waals surface area contributed by atoms with E-state index in [1.54, 1.807) is 5.92 Å². The third-order valence-corrected chi connectivity index (χ3v) is 5.48. The van der Waals surface area contributed by atoms with Crippen LogP contribution in [0.2, 0.25) is 0 Å². The SMILES string of the molecule is C[C+](C)C1CCC(C)C2CCC(C)(Cl)CC12. The van der Waals surface area contributed by atoms with Gasteiger partial charge in [-0.3, -0.25) is 0 Å². The molecule has 5 unspecified atom stereocenters. The Bertz CT molecular complexity index is 242. The lowest BCUT2D eigenvalue weighted by Crippen LogP contribution is -2.43. The fourth-order valence-corrected chi connectivity index (χ4v) is 4.45. The van der Waals surface area contributed by atoms with E-state index in [0.717, 1.165) is 23.7 Å². The van der Waals surface area contributed by atoms with E-state index in [1.165, 1.54) is 32.1 Å². The minimum atomic E-state index is 0.0753. The van der Waals surface area contributed by atoms with Gasteiger partial charge in [0.05, 0.1) is 19.8 Å². The molecule has 0 bridgehead atoms. The molecule has 0 heterocycles. The van der Waals surface area contributed by atoms with E-state index in [1.807, 2.05) is 0 Å². The van der Waals surface area contributed by atoms with Gasteiger partial charge in [0.2, 0.25) is 0 Å². The van der Waals surface area contributed by atoms with Crippen molar-refractivity contribution < 1.29 is 0 Å². The van der Waals surface area contributed by atoms with Gasteiger partial charge in [-0.15, -0.1) is 11.6 Å². The largest absolute Gasteiger partial charge is 0.120 e. The van der Waals surface area contributed by atoms with Gasteiger partial charge in [-0.1, -0.05) is 6.92 Å². The van der Waals surface area contributed by atoms with Gasteiger partial charge in [-0.25, -0.2) is 0 Å². The maximum atomic E-state index is 6.60. The summed E-state index contributed by atoms with van der Waals surface area (Å²) in [5.74, 6) is 5.22. The van der Waals surface area contributed by atoms with E-state index in [0.29, 0.717) is 0 Å². The summed E-state index contributed by atoms with van der Waals surface area (Å²) >= 11 is 6.60. The van der Waals surface area contributed by atoms with Gasteiger partial charge in [0.15, 0.2) is 0 Å². The zero-order valence-electron chi connectivity index (χ0n) is 11.2. The third kappa shape index (κ3) is 2.37. The summed E-state index contributed by atoms with van der Waals surface area (Å²) in [7, 11) is 0. The normalized spacial score (nSPS) is 48.6. The second-order valence-electron chi connectivity index (χ2n) is 6.72. The van der Waals surface area contributed by atoms with Crippen molar-refractivity contribution >= 4 is 11.6 Å². The first kappa shape index (κ1) is 12.6. The fraction of sp³-hybridized carbons (Fsp3) is 0.933. The molecule has 0 N–H and O–H groups in total. The predicted molar refractivity (Wildman–Crippen MR) is 71.6 cm³/mol. The lowest BCUT2D eigenvalue weighted by atomic mass is 9.57. The lowest BCUT2D eigenvalue weighted by Gasteiger charge is -2.47. The van der Waals surface area contributed by atoms with Crippen LogP contribution in [-0.4, -0.2) is 4.87 Å². The van der Waals surface area contributed by atoms with Crippen molar-refractivity contribution in [1.82, 2.24) is 0 Å². The number of alkyl halides is 1. The molecule has 2 aliphatic carbocycles. The predicted octanol–water partition coefficient (Wildman–Crippen LogP) is 5.06. The molecule has 0 aliphatic heterocycles. The second kappa shape index (κ2) is 4.44. The van der Waals surface area contributed by atoms with Gasteiger partial charge >= 0.3 is 0 Å². The van der Waals surface area contributed by atoms with Crippen molar-refractivity contribution in [3.63, 3.8) is 0 Å². The molecule has 0 amide bonds. The average Bonchev–Trinajstić information content (AvgIpc) is 2.15. The van der Waals surface area contributed by atoms with Crippen LogP contribution in [0.5, 0.6) is 0 Å². The molecule has 0 saturated heterocycles. The highest BCUT2D eigenvalue weighted by atomic mass is 35.5. The van der Waals surface area contributed by atoms with E-state index in [-0.39, 0.29) is 4.87 Å². The average molecular weight is 242 g/mol. The van der Waals surface area contributed by atoms with Crippen LogP contribution in [0.3, 0.4) is 0 Å². The molecule has 5 atom stereocenters. The smallest absolute Gasteiger partial charge is 0.103 e. The quantitative estimate of drug-likeness (QED) is 0.445. The molecule has 0 aromatic carbocycles.